The van der Waals surface area contributed by atoms with E-state index in [9.17, 15) is 4.79 Å². The number of oxazole rings is 1. The van der Waals surface area contributed by atoms with Crippen LogP contribution in [0.4, 0.5) is 4.79 Å². The molecule has 1 aliphatic rings. The summed E-state index contributed by atoms with van der Waals surface area (Å²) in [6.45, 7) is 5.32. The molecule has 0 spiro atoms. The van der Waals surface area contributed by atoms with Crippen molar-refractivity contribution in [2.24, 2.45) is 5.92 Å². The van der Waals surface area contributed by atoms with Gasteiger partial charge in [-0.15, -0.1) is 0 Å². The molecule has 1 unspecified atom stereocenters. The number of benzene rings is 1. The number of carbonyl (C=O) groups is 1. The average Bonchev–Trinajstić information content (AvgIpc) is 3.28. The lowest BCUT2D eigenvalue weighted by Gasteiger charge is -2.16. The normalized spacial score (nSPS) is 17.2. The summed E-state index contributed by atoms with van der Waals surface area (Å²) in [5.41, 5.74) is 1.64. The first-order valence-electron chi connectivity index (χ1n) is 8.36. The van der Waals surface area contributed by atoms with Crippen LogP contribution in [-0.4, -0.2) is 42.2 Å². The van der Waals surface area contributed by atoms with E-state index in [4.69, 9.17) is 9.15 Å². The number of nitrogens with zero attached hydrogens (tertiary/aromatic N) is 2. The van der Waals surface area contributed by atoms with Crippen LogP contribution in [0.5, 0.6) is 0 Å². The highest BCUT2D eigenvalue weighted by molar-refractivity contribution is 5.74. The van der Waals surface area contributed by atoms with E-state index in [1.165, 1.54) is 0 Å². The monoisotopic (exact) mass is 329 g/mol. The van der Waals surface area contributed by atoms with Crippen molar-refractivity contribution in [1.82, 2.24) is 15.2 Å². The van der Waals surface area contributed by atoms with E-state index in [0.717, 1.165) is 38.3 Å². The van der Waals surface area contributed by atoms with Crippen molar-refractivity contribution in [3.8, 4) is 11.5 Å². The molecule has 2 amide bonds. The van der Waals surface area contributed by atoms with E-state index in [1.54, 1.807) is 6.26 Å². The Bertz CT molecular complexity index is 657. The molecule has 1 aliphatic heterocycles. The number of ether oxygens (including phenoxy) is 1. The van der Waals surface area contributed by atoms with E-state index < -0.39 is 0 Å². The number of hydrogen-bond donors (Lipinski definition) is 1. The first kappa shape index (κ1) is 16.5. The van der Waals surface area contributed by atoms with Crippen LogP contribution in [0.2, 0.25) is 0 Å². The molecule has 1 aromatic heterocycles. The summed E-state index contributed by atoms with van der Waals surface area (Å²) < 4.78 is 10.9. The van der Waals surface area contributed by atoms with E-state index in [1.807, 2.05) is 42.2 Å². The van der Waals surface area contributed by atoms with Gasteiger partial charge in [0, 0.05) is 31.2 Å². The van der Waals surface area contributed by atoms with Crippen LogP contribution in [-0.2, 0) is 11.3 Å². The van der Waals surface area contributed by atoms with Gasteiger partial charge in [-0.25, -0.2) is 9.78 Å². The third kappa shape index (κ3) is 4.14. The fourth-order valence-corrected chi connectivity index (χ4v) is 2.82. The van der Waals surface area contributed by atoms with Gasteiger partial charge in [0.1, 0.15) is 6.26 Å². The Hall–Kier alpha value is -2.34. The smallest absolute Gasteiger partial charge is 0.317 e. The molecule has 0 bridgehead atoms. The maximum Gasteiger partial charge on any atom is 0.317 e. The molecule has 6 nitrogen and oxygen atoms in total. The van der Waals surface area contributed by atoms with Crippen molar-refractivity contribution in [3.05, 3.63) is 42.3 Å². The van der Waals surface area contributed by atoms with Gasteiger partial charge in [0.2, 0.25) is 5.89 Å². The van der Waals surface area contributed by atoms with E-state index in [2.05, 4.69) is 10.3 Å². The van der Waals surface area contributed by atoms with Crippen LogP contribution in [0.25, 0.3) is 11.5 Å². The highest BCUT2D eigenvalue weighted by Gasteiger charge is 2.26. The van der Waals surface area contributed by atoms with E-state index in [-0.39, 0.29) is 6.03 Å². The first-order chi connectivity index (χ1) is 11.8. The van der Waals surface area contributed by atoms with Crippen LogP contribution in [0, 0.1) is 5.92 Å². The molecule has 3 rings (SSSR count). The van der Waals surface area contributed by atoms with Gasteiger partial charge in [0.25, 0.3) is 0 Å². The standard InChI is InChI=1S/C18H23N3O3/c1-2-23-12-14-8-9-21(11-14)18(22)19-10-16-13-24-17(20-16)15-6-4-3-5-7-15/h3-7,13-14H,2,8-12H2,1H3,(H,19,22). The van der Waals surface area contributed by atoms with Crippen molar-refractivity contribution in [2.75, 3.05) is 26.3 Å². The number of likely N-dealkylation sites (tertiary alicyclic amines) is 1. The van der Waals surface area contributed by atoms with Crippen molar-refractivity contribution < 1.29 is 13.9 Å². The first-order valence-corrected chi connectivity index (χ1v) is 8.36. The molecule has 1 atom stereocenters. The number of carbonyl (C=O) groups excluding carboxylic acids is 1. The van der Waals surface area contributed by atoms with Crippen molar-refractivity contribution in [3.63, 3.8) is 0 Å². The van der Waals surface area contributed by atoms with Gasteiger partial charge < -0.3 is 19.4 Å². The van der Waals surface area contributed by atoms with Crippen LogP contribution in [0.15, 0.2) is 41.0 Å². The van der Waals surface area contributed by atoms with Gasteiger partial charge >= 0.3 is 6.03 Å². The van der Waals surface area contributed by atoms with Crippen molar-refractivity contribution in [1.29, 1.82) is 0 Å². The molecule has 128 valence electrons. The van der Waals surface area contributed by atoms with Crippen molar-refractivity contribution in [2.45, 2.75) is 19.9 Å². The Morgan fingerprint density at radius 2 is 2.25 bits per heavy atom. The number of amides is 2. The second kappa shape index (κ2) is 7.97. The minimum Gasteiger partial charge on any atom is -0.444 e. The zero-order valence-electron chi connectivity index (χ0n) is 13.9. The maximum absolute atomic E-state index is 12.2. The Morgan fingerprint density at radius 3 is 3.04 bits per heavy atom. The molecule has 1 aromatic carbocycles. The van der Waals surface area contributed by atoms with Gasteiger partial charge in [-0.05, 0) is 25.5 Å². The summed E-state index contributed by atoms with van der Waals surface area (Å²) in [5.74, 6) is 1.00. The average molecular weight is 329 g/mol. The number of urea groups is 1. The summed E-state index contributed by atoms with van der Waals surface area (Å²) >= 11 is 0. The fraction of sp³-hybridized carbons (Fsp3) is 0.444. The quantitative estimate of drug-likeness (QED) is 0.885. The van der Waals surface area contributed by atoms with Gasteiger partial charge in [0.05, 0.1) is 18.8 Å². The minimum atomic E-state index is -0.0572. The highest BCUT2D eigenvalue weighted by Crippen LogP contribution is 2.19. The van der Waals surface area contributed by atoms with Gasteiger partial charge in [-0.3, -0.25) is 0 Å². The summed E-state index contributed by atoms with van der Waals surface area (Å²) in [6.07, 6.45) is 2.58. The molecule has 6 heteroatoms. The van der Waals surface area contributed by atoms with Crippen LogP contribution in [0.3, 0.4) is 0 Å². The minimum absolute atomic E-state index is 0.0572. The zero-order chi connectivity index (χ0) is 16.8. The Labute approximate surface area is 141 Å². The molecular formula is C18H23N3O3. The molecule has 24 heavy (non-hydrogen) atoms. The number of nitrogens with one attached hydrogen (secondary N) is 1. The summed E-state index contributed by atoms with van der Waals surface area (Å²) in [4.78, 5) is 18.5. The van der Waals surface area contributed by atoms with Crippen LogP contribution < -0.4 is 5.32 Å². The van der Waals surface area contributed by atoms with Crippen LogP contribution in [0.1, 0.15) is 19.0 Å². The largest absolute Gasteiger partial charge is 0.444 e. The summed E-state index contributed by atoms with van der Waals surface area (Å²) in [6, 6.07) is 9.65. The second-order valence-corrected chi connectivity index (χ2v) is 5.93. The SMILES string of the molecule is CCOCC1CCN(C(=O)NCc2coc(-c3ccccc3)n2)C1. The van der Waals surface area contributed by atoms with Gasteiger partial charge in [-0.1, -0.05) is 18.2 Å². The lowest BCUT2D eigenvalue weighted by molar-refractivity contribution is 0.113. The molecule has 1 fully saturated rings. The fourth-order valence-electron chi connectivity index (χ4n) is 2.82. The lowest BCUT2D eigenvalue weighted by atomic mass is 10.1. The molecule has 2 heterocycles. The third-order valence-electron chi connectivity index (χ3n) is 4.12. The Kier molecular flexibility index (Phi) is 5.48. The Balaban J connectivity index is 1.48. The molecule has 2 aromatic rings. The van der Waals surface area contributed by atoms with E-state index >= 15 is 0 Å². The molecule has 1 saturated heterocycles. The highest BCUT2D eigenvalue weighted by atomic mass is 16.5. The summed E-state index contributed by atoms with van der Waals surface area (Å²) in [7, 11) is 0. The van der Waals surface area contributed by atoms with Gasteiger partial charge in [0.15, 0.2) is 0 Å². The van der Waals surface area contributed by atoms with Gasteiger partial charge in [-0.2, -0.15) is 0 Å². The van der Waals surface area contributed by atoms with E-state index in [0.29, 0.717) is 24.0 Å². The second-order valence-electron chi connectivity index (χ2n) is 5.93. The van der Waals surface area contributed by atoms with Crippen LogP contribution >= 0.6 is 0 Å². The third-order valence-corrected chi connectivity index (χ3v) is 4.12. The molecule has 1 N–H and O–H groups in total. The van der Waals surface area contributed by atoms with Crippen molar-refractivity contribution >= 4 is 6.03 Å². The molecule has 0 aliphatic carbocycles. The molecular weight excluding hydrogens is 306 g/mol. The summed E-state index contributed by atoms with van der Waals surface area (Å²) in [5, 5.41) is 2.91. The zero-order valence-corrected chi connectivity index (χ0v) is 13.9. The predicted octanol–water partition coefficient (Wildman–Crippen LogP) is 2.91. The Morgan fingerprint density at radius 1 is 1.42 bits per heavy atom. The number of aromatic nitrogens is 1. The lowest BCUT2D eigenvalue weighted by Crippen LogP contribution is -2.38. The predicted molar refractivity (Wildman–Crippen MR) is 90.3 cm³/mol. The molecule has 0 radical (unpaired) electrons. The maximum atomic E-state index is 12.2. The molecule has 0 saturated carbocycles. The number of rotatable bonds is 6. The topological polar surface area (TPSA) is 67.6 Å². The number of hydrogen-bond acceptors (Lipinski definition) is 4.